The molecule has 0 fully saturated rings. The van der Waals surface area contributed by atoms with Gasteiger partial charge in [-0.3, -0.25) is 4.79 Å². The molecule has 0 saturated heterocycles. The van der Waals surface area contributed by atoms with Crippen LogP contribution in [0.25, 0.3) is 0 Å². The number of ether oxygens (including phenoxy) is 2. The van der Waals surface area contributed by atoms with E-state index in [1.807, 2.05) is 30.3 Å². The van der Waals surface area contributed by atoms with Gasteiger partial charge in [-0.2, -0.15) is 0 Å². The van der Waals surface area contributed by atoms with Gasteiger partial charge in [0.1, 0.15) is 18.1 Å². The second-order valence-corrected chi connectivity index (χ2v) is 4.81. The summed E-state index contributed by atoms with van der Waals surface area (Å²) < 4.78 is 15.9. The standard InChI is InChI=1S/C17H19NO5/c1-3-18-16(19)12(2)22-17(20)15-10-9-14(23-15)11-21-13-7-5-4-6-8-13/h4-10,12H,3,11H2,1-2H3,(H,18,19)/t12-/m0/s1. The highest BCUT2D eigenvalue weighted by Gasteiger charge is 2.20. The lowest BCUT2D eigenvalue weighted by Gasteiger charge is -2.11. The van der Waals surface area contributed by atoms with Gasteiger partial charge in [0, 0.05) is 6.54 Å². The SMILES string of the molecule is CCNC(=O)[C@H](C)OC(=O)c1ccc(COc2ccccc2)o1. The molecule has 1 aromatic heterocycles. The normalized spacial score (nSPS) is 11.6. The van der Waals surface area contributed by atoms with Crippen LogP contribution in [0.15, 0.2) is 46.9 Å². The smallest absolute Gasteiger partial charge is 0.375 e. The predicted molar refractivity (Wildman–Crippen MR) is 83.0 cm³/mol. The first kappa shape index (κ1) is 16.6. The fourth-order valence-electron chi connectivity index (χ4n) is 1.83. The molecule has 0 aliphatic rings. The van der Waals surface area contributed by atoms with Crippen molar-refractivity contribution in [1.29, 1.82) is 0 Å². The van der Waals surface area contributed by atoms with Crippen molar-refractivity contribution < 1.29 is 23.5 Å². The van der Waals surface area contributed by atoms with Crippen LogP contribution in [-0.2, 0) is 16.1 Å². The van der Waals surface area contributed by atoms with E-state index in [2.05, 4.69) is 5.32 Å². The average Bonchev–Trinajstić information content (AvgIpc) is 3.03. The third-order valence-corrected chi connectivity index (χ3v) is 2.99. The van der Waals surface area contributed by atoms with Crippen molar-refractivity contribution in [2.75, 3.05) is 6.54 Å². The van der Waals surface area contributed by atoms with Crippen molar-refractivity contribution >= 4 is 11.9 Å². The van der Waals surface area contributed by atoms with Gasteiger partial charge >= 0.3 is 5.97 Å². The van der Waals surface area contributed by atoms with Gasteiger partial charge in [-0.15, -0.1) is 0 Å². The fourth-order valence-corrected chi connectivity index (χ4v) is 1.83. The number of hydrogen-bond donors (Lipinski definition) is 1. The molecule has 0 aliphatic heterocycles. The Labute approximate surface area is 134 Å². The molecular weight excluding hydrogens is 298 g/mol. The maximum absolute atomic E-state index is 11.9. The number of rotatable bonds is 7. The Bertz CT molecular complexity index is 650. The van der Waals surface area contributed by atoms with Crippen molar-refractivity contribution in [3.8, 4) is 5.75 Å². The Hall–Kier alpha value is -2.76. The zero-order valence-corrected chi connectivity index (χ0v) is 13.1. The summed E-state index contributed by atoms with van der Waals surface area (Å²) in [4.78, 5) is 23.5. The number of nitrogens with one attached hydrogen (secondary N) is 1. The molecule has 1 N–H and O–H groups in total. The minimum Gasteiger partial charge on any atom is -0.486 e. The Morgan fingerprint density at radius 1 is 1.17 bits per heavy atom. The first-order valence-electron chi connectivity index (χ1n) is 7.35. The number of furan rings is 1. The number of carbonyl (C=O) groups is 2. The third-order valence-electron chi connectivity index (χ3n) is 2.99. The summed E-state index contributed by atoms with van der Waals surface area (Å²) in [6.45, 7) is 3.97. The van der Waals surface area contributed by atoms with E-state index in [1.54, 1.807) is 13.0 Å². The molecule has 122 valence electrons. The molecule has 1 aromatic carbocycles. The molecule has 0 spiro atoms. The Morgan fingerprint density at radius 3 is 2.61 bits per heavy atom. The maximum atomic E-state index is 11.9. The largest absolute Gasteiger partial charge is 0.486 e. The van der Waals surface area contributed by atoms with E-state index >= 15 is 0 Å². The summed E-state index contributed by atoms with van der Waals surface area (Å²) in [5, 5.41) is 2.58. The number of carbonyl (C=O) groups excluding carboxylic acids is 2. The Balaban J connectivity index is 1.88. The Kier molecular flexibility index (Phi) is 5.80. The van der Waals surface area contributed by atoms with E-state index in [9.17, 15) is 9.59 Å². The number of amides is 1. The van der Waals surface area contributed by atoms with Crippen LogP contribution < -0.4 is 10.1 Å². The number of likely N-dealkylation sites (N-methyl/N-ethyl adjacent to an activating group) is 1. The van der Waals surface area contributed by atoms with Crippen molar-refractivity contribution in [3.05, 3.63) is 54.0 Å². The van der Waals surface area contributed by atoms with Crippen LogP contribution in [0, 0.1) is 0 Å². The van der Waals surface area contributed by atoms with Crippen LogP contribution in [0.5, 0.6) is 5.75 Å². The quantitative estimate of drug-likeness (QED) is 0.794. The summed E-state index contributed by atoms with van der Waals surface area (Å²) in [7, 11) is 0. The van der Waals surface area contributed by atoms with Crippen LogP contribution in [0.1, 0.15) is 30.2 Å². The highest BCUT2D eigenvalue weighted by molar-refractivity contribution is 5.90. The van der Waals surface area contributed by atoms with Crippen molar-refractivity contribution in [2.45, 2.75) is 26.6 Å². The summed E-state index contributed by atoms with van der Waals surface area (Å²) in [6, 6.07) is 12.4. The summed E-state index contributed by atoms with van der Waals surface area (Å²) in [5.74, 6) is 0.201. The molecule has 23 heavy (non-hydrogen) atoms. The van der Waals surface area contributed by atoms with E-state index in [0.717, 1.165) is 0 Å². The number of para-hydroxylation sites is 1. The van der Waals surface area contributed by atoms with Gasteiger partial charge in [0.15, 0.2) is 6.10 Å². The van der Waals surface area contributed by atoms with Gasteiger partial charge in [0.25, 0.3) is 5.91 Å². The molecule has 1 atom stereocenters. The lowest BCUT2D eigenvalue weighted by molar-refractivity contribution is -0.129. The van der Waals surface area contributed by atoms with Gasteiger partial charge in [-0.1, -0.05) is 18.2 Å². The van der Waals surface area contributed by atoms with Gasteiger partial charge in [0.2, 0.25) is 5.76 Å². The number of esters is 1. The van der Waals surface area contributed by atoms with Gasteiger partial charge in [-0.05, 0) is 38.1 Å². The number of hydrogen-bond acceptors (Lipinski definition) is 5. The predicted octanol–water partition coefficient (Wildman–Crippen LogP) is 2.54. The van der Waals surface area contributed by atoms with Crippen LogP contribution >= 0.6 is 0 Å². The summed E-state index contributed by atoms with van der Waals surface area (Å²) in [5.41, 5.74) is 0. The topological polar surface area (TPSA) is 77.8 Å². The van der Waals surface area contributed by atoms with E-state index in [0.29, 0.717) is 18.1 Å². The van der Waals surface area contributed by atoms with Gasteiger partial charge in [-0.25, -0.2) is 4.79 Å². The van der Waals surface area contributed by atoms with Crippen LogP contribution in [-0.4, -0.2) is 24.5 Å². The highest BCUT2D eigenvalue weighted by atomic mass is 16.6. The molecule has 1 amide bonds. The van der Waals surface area contributed by atoms with Crippen molar-refractivity contribution in [1.82, 2.24) is 5.32 Å². The minimum absolute atomic E-state index is 0.0350. The van der Waals surface area contributed by atoms with Crippen molar-refractivity contribution in [3.63, 3.8) is 0 Å². The van der Waals surface area contributed by atoms with E-state index in [4.69, 9.17) is 13.9 Å². The third kappa shape index (κ3) is 4.88. The molecule has 6 heteroatoms. The maximum Gasteiger partial charge on any atom is 0.375 e. The molecule has 1 heterocycles. The van der Waals surface area contributed by atoms with Gasteiger partial charge < -0.3 is 19.2 Å². The van der Waals surface area contributed by atoms with Crippen LogP contribution in [0.2, 0.25) is 0 Å². The minimum atomic E-state index is -0.878. The van der Waals surface area contributed by atoms with Crippen LogP contribution in [0.4, 0.5) is 0 Å². The number of benzene rings is 1. The van der Waals surface area contributed by atoms with E-state index in [1.165, 1.54) is 13.0 Å². The first-order valence-corrected chi connectivity index (χ1v) is 7.35. The molecule has 0 radical (unpaired) electrons. The molecule has 0 unspecified atom stereocenters. The zero-order valence-electron chi connectivity index (χ0n) is 13.1. The Morgan fingerprint density at radius 2 is 1.91 bits per heavy atom. The molecule has 2 aromatic rings. The second kappa shape index (κ2) is 8.03. The molecule has 0 aliphatic carbocycles. The molecule has 0 saturated carbocycles. The zero-order chi connectivity index (χ0) is 16.7. The van der Waals surface area contributed by atoms with Crippen LogP contribution in [0.3, 0.4) is 0 Å². The monoisotopic (exact) mass is 317 g/mol. The van der Waals surface area contributed by atoms with Gasteiger partial charge in [0.05, 0.1) is 0 Å². The summed E-state index contributed by atoms with van der Waals surface area (Å²) >= 11 is 0. The molecular formula is C17H19NO5. The van der Waals surface area contributed by atoms with E-state index < -0.39 is 12.1 Å². The average molecular weight is 317 g/mol. The molecule has 6 nitrogen and oxygen atoms in total. The fraction of sp³-hybridized carbons (Fsp3) is 0.294. The highest BCUT2D eigenvalue weighted by Crippen LogP contribution is 2.15. The molecule has 0 bridgehead atoms. The molecule has 2 rings (SSSR count). The summed E-state index contributed by atoms with van der Waals surface area (Å²) in [6.07, 6.45) is -0.878. The first-order chi connectivity index (χ1) is 11.1. The lowest BCUT2D eigenvalue weighted by atomic mass is 10.3. The lowest BCUT2D eigenvalue weighted by Crippen LogP contribution is -2.35. The van der Waals surface area contributed by atoms with Crippen molar-refractivity contribution in [2.24, 2.45) is 0 Å². The van der Waals surface area contributed by atoms with E-state index in [-0.39, 0.29) is 18.3 Å². The second-order valence-electron chi connectivity index (χ2n) is 4.81.